The molecular formula is C23H27FN4O4. The fourth-order valence-electron chi connectivity index (χ4n) is 4.08. The molecule has 170 valence electrons. The van der Waals surface area contributed by atoms with Gasteiger partial charge in [-0.15, -0.1) is 0 Å². The number of ether oxygens (including phenoxy) is 2. The second kappa shape index (κ2) is 10.0. The number of morpholine rings is 1. The first-order chi connectivity index (χ1) is 15.5. The average Bonchev–Trinajstić information content (AvgIpc) is 3.30. The lowest BCUT2D eigenvalue weighted by atomic mass is 10.1. The van der Waals surface area contributed by atoms with Gasteiger partial charge >= 0.3 is 0 Å². The van der Waals surface area contributed by atoms with E-state index in [1.165, 1.54) is 12.1 Å². The highest BCUT2D eigenvalue weighted by Gasteiger charge is 2.32. The number of likely N-dealkylation sites (tertiary alicyclic amines) is 1. The molecular weight excluding hydrogens is 415 g/mol. The van der Waals surface area contributed by atoms with Crippen molar-refractivity contribution in [2.45, 2.75) is 32.2 Å². The van der Waals surface area contributed by atoms with E-state index in [-0.39, 0.29) is 36.6 Å². The summed E-state index contributed by atoms with van der Waals surface area (Å²) in [4.78, 5) is 38.1. The van der Waals surface area contributed by atoms with Crippen molar-refractivity contribution in [2.24, 2.45) is 0 Å². The van der Waals surface area contributed by atoms with E-state index in [1.807, 2.05) is 0 Å². The van der Waals surface area contributed by atoms with Gasteiger partial charge in [-0.05, 0) is 31.9 Å². The molecule has 2 aliphatic rings. The highest BCUT2D eigenvalue weighted by Crippen LogP contribution is 2.31. The molecule has 1 atom stereocenters. The molecule has 0 spiro atoms. The Balaban J connectivity index is 1.39. The number of carbonyl (C=O) groups excluding carboxylic acids is 2. The second-order valence-electron chi connectivity index (χ2n) is 7.91. The first kappa shape index (κ1) is 22.1. The Hall–Kier alpha value is -3.07. The van der Waals surface area contributed by atoms with E-state index in [0.29, 0.717) is 49.9 Å². The van der Waals surface area contributed by atoms with Crippen LogP contribution >= 0.6 is 0 Å². The monoisotopic (exact) mass is 442 g/mol. The molecule has 0 unspecified atom stereocenters. The number of amides is 2. The predicted octanol–water partition coefficient (Wildman–Crippen LogP) is 2.53. The molecule has 2 aromatic rings. The molecule has 2 amide bonds. The van der Waals surface area contributed by atoms with Crippen molar-refractivity contribution in [1.82, 2.24) is 19.8 Å². The molecule has 2 aliphatic heterocycles. The lowest BCUT2D eigenvalue weighted by Crippen LogP contribution is -2.41. The van der Waals surface area contributed by atoms with E-state index in [0.717, 1.165) is 12.8 Å². The molecule has 0 saturated carbocycles. The molecule has 0 bridgehead atoms. The summed E-state index contributed by atoms with van der Waals surface area (Å²) in [5, 5.41) is 0. The van der Waals surface area contributed by atoms with Gasteiger partial charge in [-0.2, -0.15) is 0 Å². The largest absolute Gasteiger partial charge is 0.490 e. The first-order valence-electron chi connectivity index (χ1n) is 10.9. The van der Waals surface area contributed by atoms with Crippen LogP contribution in [-0.4, -0.2) is 71.0 Å². The van der Waals surface area contributed by atoms with Gasteiger partial charge in [0.2, 0.25) is 5.91 Å². The van der Waals surface area contributed by atoms with Crippen LogP contribution in [0.5, 0.6) is 5.75 Å². The topological polar surface area (TPSA) is 84.9 Å². The quantitative estimate of drug-likeness (QED) is 0.684. The maximum absolute atomic E-state index is 13.7. The number of nitrogens with zero attached hydrogens (tertiary/aromatic N) is 4. The molecule has 1 aromatic heterocycles. The Kier molecular flexibility index (Phi) is 6.94. The van der Waals surface area contributed by atoms with Gasteiger partial charge in [0, 0.05) is 25.8 Å². The van der Waals surface area contributed by atoms with Crippen LogP contribution < -0.4 is 4.74 Å². The van der Waals surface area contributed by atoms with Gasteiger partial charge in [-0.1, -0.05) is 12.1 Å². The smallest absolute Gasteiger partial charge is 0.257 e. The molecule has 1 aromatic carbocycles. The molecule has 32 heavy (non-hydrogen) atoms. The summed E-state index contributed by atoms with van der Waals surface area (Å²) in [5.41, 5.74) is 1.08. The van der Waals surface area contributed by atoms with Gasteiger partial charge in [0.15, 0.2) is 17.4 Å². The number of hydrogen-bond donors (Lipinski definition) is 0. The van der Waals surface area contributed by atoms with E-state index < -0.39 is 5.82 Å². The van der Waals surface area contributed by atoms with E-state index in [9.17, 15) is 14.0 Å². The van der Waals surface area contributed by atoms with Gasteiger partial charge in [0.25, 0.3) is 5.91 Å². The number of hydrogen-bond acceptors (Lipinski definition) is 6. The van der Waals surface area contributed by atoms with Crippen molar-refractivity contribution in [3.8, 4) is 5.75 Å². The second-order valence-corrected chi connectivity index (χ2v) is 7.91. The van der Waals surface area contributed by atoms with Crippen LogP contribution in [0.2, 0.25) is 0 Å². The van der Waals surface area contributed by atoms with Crippen molar-refractivity contribution in [3.05, 3.63) is 53.4 Å². The lowest BCUT2D eigenvalue weighted by molar-refractivity contribution is -0.132. The third-order valence-corrected chi connectivity index (χ3v) is 5.81. The zero-order valence-corrected chi connectivity index (χ0v) is 18.1. The summed E-state index contributed by atoms with van der Waals surface area (Å²) in [6.07, 6.45) is 3.31. The minimum Gasteiger partial charge on any atom is -0.490 e. The number of carbonyl (C=O) groups is 2. The van der Waals surface area contributed by atoms with Crippen molar-refractivity contribution in [3.63, 3.8) is 0 Å². The molecule has 4 rings (SSSR count). The van der Waals surface area contributed by atoms with Crippen LogP contribution in [0, 0.1) is 12.7 Å². The van der Waals surface area contributed by atoms with Crippen LogP contribution in [0.15, 0.2) is 30.5 Å². The first-order valence-corrected chi connectivity index (χ1v) is 10.9. The van der Waals surface area contributed by atoms with Crippen molar-refractivity contribution < 1.29 is 23.5 Å². The molecule has 2 fully saturated rings. The summed E-state index contributed by atoms with van der Waals surface area (Å²) in [6, 6.07) is 5.89. The Labute approximate surface area is 186 Å². The maximum atomic E-state index is 13.7. The highest BCUT2D eigenvalue weighted by molar-refractivity contribution is 5.95. The molecule has 9 heteroatoms. The molecule has 0 radical (unpaired) electrons. The Morgan fingerprint density at radius 3 is 2.75 bits per heavy atom. The molecule has 0 N–H and O–H groups in total. The number of rotatable bonds is 6. The molecule has 8 nitrogen and oxygen atoms in total. The zero-order chi connectivity index (χ0) is 22.5. The maximum Gasteiger partial charge on any atom is 0.257 e. The number of aromatic nitrogens is 2. The van der Waals surface area contributed by atoms with Crippen LogP contribution in [0.25, 0.3) is 0 Å². The molecule has 0 aliphatic carbocycles. The molecule has 3 heterocycles. The van der Waals surface area contributed by atoms with Crippen molar-refractivity contribution in [2.75, 3.05) is 39.5 Å². The Morgan fingerprint density at radius 1 is 1.22 bits per heavy atom. The summed E-state index contributed by atoms with van der Waals surface area (Å²) in [5.74, 6) is 0.0507. The van der Waals surface area contributed by atoms with Crippen LogP contribution in [0.1, 0.15) is 47.2 Å². The SMILES string of the molecule is Cc1nc([C@@H]2CCCN2C(=O)CCOc2ccccc2F)ncc1C(=O)N1CCOCC1. The number of halogens is 1. The average molecular weight is 442 g/mol. The van der Waals surface area contributed by atoms with Gasteiger partial charge in [-0.3, -0.25) is 9.59 Å². The third-order valence-electron chi connectivity index (χ3n) is 5.81. The third kappa shape index (κ3) is 4.88. The molecule has 2 saturated heterocycles. The van der Waals surface area contributed by atoms with E-state index in [1.54, 1.807) is 35.1 Å². The summed E-state index contributed by atoms with van der Waals surface area (Å²) in [7, 11) is 0. The fraction of sp³-hybridized carbons (Fsp3) is 0.478. The van der Waals surface area contributed by atoms with Crippen LogP contribution in [-0.2, 0) is 9.53 Å². The summed E-state index contributed by atoms with van der Waals surface area (Å²) in [6.45, 7) is 4.67. The van der Waals surface area contributed by atoms with Gasteiger partial charge in [-0.25, -0.2) is 14.4 Å². The summed E-state index contributed by atoms with van der Waals surface area (Å²) >= 11 is 0. The number of benzene rings is 1. The minimum atomic E-state index is -0.449. The minimum absolute atomic E-state index is 0.0847. The number of aryl methyl sites for hydroxylation is 1. The van der Waals surface area contributed by atoms with Crippen LogP contribution in [0.3, 0.4) is 0 Å². The Bertz CT molecular complexity index is 980. The van der Waals surface area contributed by atoms with E-state index in [4.69, 9.17) is 9.47 Å². The standard InChI is InChI=1S/C23H27FN4O4/c1-16-17(23(30)27-10-13-31-14-11-27)15-25-22(26-16)19-6-4-9-28(19)21(29)8-12-32-20-7-3-2-5-18(20)24/h2-3,5,7,15,19H,4,6,8-14H2,1H3/t19-/m0/s1. The van der Waals surface area contributed by atoms with Gasteiger partial charge in [0.1, 0.15) is 0 Å². The lowest BCUT2D eigenvalue weighted by Gasteiger charge is -2.27. The number of para-hydroxylation sites is 1. The van der Waals surface area contributed by atoms with E-state index in [2.05, 4.69) is 9.97 Å². The zero-order valence-electron chi connectivity index (χ0n) is 18.1. The van der Waals surface area contributed by atoms with Crippen molar-refractivity contribution >= 4 is 11.8 Å². The fourth-order valence-corrected chi connectivity index (χ4v) is 4.08. The van der Waals surface area contributed by atoms with Gasteiger partial charge in [0.05, 0.1) is 43.5 Å². The van der Waals surface area contributed by atoms with E-state index >= 15 is 0 Å². The van der Waals surface area contributed by atoms with Crippen molar-refractivity contribution in [1.29, 1.82) is 0 Å². The Morgan fingerprint density at radius 2 is 2.00 bits per heavy atom. The predicted molar refractivity (Wildman–Crippen MR) is 114 cm³/mol. The normalized spacial score (nSPS) is 18.6. The van der Waals surface area contributed by atoms with Gasteiger partial charge < -0.3 is 19.3 Å². The highest BCUT2D eigenvalue weighted by atomic mass is 19.1. The summed E-state index contributed by atoms with van der Waals surface area (Å²) < 4.78 is 24.4. The van der Waals surface area contributed by atoms with Crippen LogP contribution in [0.4, 0.5) is 4.39 Å².